The van der Waals surface area contributed by atoms with Crippen molar-refractivity contribution in [2.24, 2.45) is 0 Å². The smallest absolute Gasteiger partial charge is 0.338 e. The maximum Gasteiger partial charge on any atom is 0.338 e. The molecule has 2 rings (SSSR count). The third kappa shape index (κ3) is 2.50. The van der Waals surface area contributed by atoms with E-state index in [0.29, 0.717) is 10.2 Å². The van der Waals surface area contributed by atoms with E-state index < -0.39 is 15.8 Å². The van der Waals surface area contributed by atoms with Gasteiger partial charge in [0.25, 0.3) is 0 Å². The molecule has 5 nitrogen and oxygen atoms in total. The Bertz CT molecular complexity index is 593. The van der Waals surface area contributed by atoms with Crippen molar-refractivity contribution in [1.29, 1.82) is 0 Å². The number of hydrogen-bond donors (Lipinski definition) is 1. The van der Waals surface area contributed by atoms with Crippen LogP contribution in [0.15, 0.2) is 15.6 Å². The summed E-state index contributed by atoms with van der Waals surface area (Å²) in [6.45, 7) is 0. The van der Waals surface area contributed by atoms with Gasteiger partial charge in [0.2, 0.25) is 0 Å². The van der Waals surface area contributed by atoms with E-state index >= 15 is 0 Å². The molecule has 0 amide bonds. The average Bonchev–Trinajstić information content (AvgIpc) is 2.98. The Morgan fingerprint density at radius 1 is 1.53 bits per heavy atom. The van der Waals surface area contributed by atoms with E-state index in [1.807, 2.05) is 0 Å². The van der Waals surface area contributed by atoms with Crippen LogP contribution in [0, 0.1) is 0 Å². The molecular weight excluding hydrogens is 310 g/mol. The van der Waals surface area contributed by atoms with Crippen molar-refractivity contribution in [3.8, 4) is 0 Å². The van der Waals surface area contributed by atoms with Gasteiger partial charge in [-0.2, -0.15) is 0 Å². The second kappa shape index (κ2) is 4.06. The summed E-state index contributed by atoms with van der Waals surface area (Å²) in [4.78, 5) is 15.0. The highest BCUT2D eigenvalue weighted by Crippen LogP contribution is 2.43. The van der Waals surface area contributed by atoms with Crippen LogP contribution in [0.5, 0.6) is 0 Å². The third-order valence-electron chi connectivity index (χ3n) is 2.51. The first-order valence-electron chi connectivity index (χ1n) is 4.94. The van der Waals surface area contributed by atoms with E-state index in [2.05, 4.69) is 20.9 Å². The van der Waals surface area contributed by atoms with Crippen LogP contribution in [0.4, 0.5) is 0 Å². The molecule has 0 aliphatic heterocycles. The van der Waals surface area contributed by atoms with E-state index in [1.54, 1.807) is 0 Å². The van der Waals surface area contributed by atoms with Gasteiger partial charge in [-0.25, -0.2) is 18.2 Å². The number of aromatic carboxylic acids is 1. The first-order chi connectivity index (χ1) is 7.80. The van der Waals surface area contributed by atoms with Crippen molar-refractivity contribution in [3.05, 3.63) is 21.8 Å². The van der Waals surface area contributed by atoms with Crippen LogP contribution in [0.3, 0.4) is 0 Å². The fourth-order valence-electron chi connectivity index (χ4n) is 1.56. The van der Waals surface area contributed by atoms with Crippen molar-refractivity contribution in [2.45, 2.75) is 23.8 Å². The molecule has 0 aromatic carbocycles. The van der Waals surface area contributed by atoms with Crippen molar-refractivity contribution >= 4 is 31.7 Å². The van der Waals surface area contributed by atoms with E-state index in [9.17, 15) is 13.2 Å². The van der Waals surface area contributed by atoms with Gasteiger partial charge in [0.1, 0.15) is 0 Å². The molecule has 7 heteroatoms. The fourth-order valence-corrected chi connectivity index (χ4v) is 3.02. The number of carboxylic acids is 1. The average molecular weight is 320 g/mol. The summed E-state index contributed by atoms with van der Waals surface area (Å²) in [7, 11) is -3.64. The summed E-state index contributed by atoms with van der Waals surface area (Å²) in [6, 6.07) is 1.32. The number of pyridine rings is 1. The number of rotatable bonds is 3. The number of halogens is 1. The summed E-state index contributed by atoms with van der Waals surface area (Å²) in [5, 5.41) is 8.62. The lowest BCUT2D eigenvalue weighted by atomic mass is 10.2. The molecule has 17 heavy (non-hydrogen) atoms. The van der Waals surface area contributed by atoms with Gasteiger partial charge in [-0.15, -0.1) is 0 Å². The zero-order chi connectivity index (χ0) is 12.8. The lowest BCUT2D eigenvalue weighted by Crippen LogP contribution is -2.12. The number of nitrogens with zero attached hydrogens (tertiary/aromatic N) is 1. The highest BCUT2D eigenvalue weighted by molar-refractivity contribution is 9.10. The molecule has 0 spiro atoms. The van der Waals surface area contributed by atoms with Crippen LogP contribution < -0.4 is 0 Å². The Kier molecular flexibility index (Phi) is 2.99. The minimum Gasteiger partial charge on any atom is -0.478 e. The monoisotopic (exact) mass is 319 g/mol. The maximum absolute atomic E-state index is 11.5. The first-order valence-corrected chi connectivity index (χ1v) is 7.63. The first kappa shape index (κ1) is 12.5. The van der Waals surface area contributed by atoms with Gasteiger partial charge in [0, 0.05) is 16.6 Å². The quantitative estimate of drug-likeness (QED) is 0.918. The number of carbonyl (C=O) groups is 1. The molecular formula is C10H10BrNO4S. The van der Waals surface area contributed by atoms with Crippen molar-refractivity contribution in [2.75, 3.05) is 6.26 Å². The Hall–Kier alpha value is -0.950. The van der Waals surface area contributed by atoms with Gasteiger partial charge in [0.05, 0.1) is 11.3 Å². The normalized spacial score (nSPS) is 15.9. The molecule has 0 unspecified atom stereocenters. The molecule has 1 N–H and O–H groups in total. The fraction of sp³-hybridized carbons (Fsp3) is 0.400. The lowest BCUT2D eigenvalue weighted by Gasteiger charge is -2.08. The zero-order valence-corrected chi connectivity index (χ0v) is 11.4. The Balaban J connectivity index is 2.69. The van der Waals surface area contributed by atoms with Gasteiger partial charge >= 0.3 is 5.97 Å². The van der Waals surface area contributed by atoms with Crippen LogP contribution in [-0.4, -0.2) is 30.7 Å². The van der Waals surface area contributed by atoms with Crippen molar-refractivity contribution < 1.29 is 18.3 Å². The van der Waals surface area contributed by atoms with Crippen LogP contribution in [-0.2, 0) is 9.84 Å². The third-order valence-corrected chi connectivity index (χ3v) is 4.16. The minimum absolute atomic E-state index is 0.243. The molecule has 1 aromatic heterocycles. The second-order valence-corrected chi connectivity index (χ2v) is 6.85. The van der Waals surface area contributed by atoms with Gasteiger partial charge in [-0.1, -0.05) is 0 Å². The van der Waals surface area contributed by atoms with Crippen molar-refractivity contribution in [1.82, 2.24) is 4.98 Å². The number of sulfone groups is 1. The molecule has 0 atom stereocenters. The molecule has 1 aliphatic carbocycles. The van der Waals surface area contributed by atoms with Crippen LogP contribution in [0.1, 0.15) is 34.8 Å². The highest BCUT2D eigenvalue weighted by Gasteiger charge is 2.31. The Labute approximate surface area is 107 Å². The molecule has 92 valence electrons. The lowest BCUT2D eigenvalue weighted by molar-refractivity contribution is 0.0691. The zero-order valence-electron chi connectivity index (χ0n) is 8.97. The minimum atomic E-state index is -3.64. The summed E-state index contributed by atoms with van der Waals surface area (Å²) in [5.41, 5.74) is 0.346. The van der Waals surface area contributed by atoms with Gasteiger partial charge in [-0.3, -0.25) is 0 Å². The maximum atomic E-state index is 11.5. The second-order valence-electron chi connectivity index (χ2n) is 4.06. The predicted molar refractivity (Wildman–Crippen MR) is 64.0 cm³/mol. The van der Waals surface area contributed by atoms with Crippen LogP contribution in [0.25, 0.3) is 0 Å². The summed E-state index contributed by atoms with van der Waals surface area (Å²) in [5.74, 6) is -1.05. The molecule has 0 bridgehead atoms. The topological polar surface area (TPSA) is 84.3 Å². The number of aromatic nitrogens is 1. The van der Waals surface area contributed by atoms with Gasteiger partial charge in [0.15, 0.2) is 14.9 Å². The Morgan fingerprint density at radius 2 is 2.12 bits per heavy atom. The van der Waals surface area contributed by atoms with E-state index in [4.69, 9.17) is 5.11 Å². The van der Waals surface area contributed by atoms with Crippen LogP contribution >= 0.6 is 15.9 Å². The van der Waals surface area contributed by atoms with Gasteiger partial charge < -0.3 is 5.11 Å². The number of carboxylic acid groups (broad SMARTS) is 1. The molecule has 1 fully saturated rings. The summed E-state index contributed by atoms with van der Waals surface area (Å²) in [6.07, 6.45) is 2.88. The van der Waals surface area contributed by atoms with E-state index in [-0.39, 0.29) is 16.5 Å². The molecule has 1 saturated carbocycles. The molecule has 1 heterocycles. The SMILES string of the molecule is CS(=O)(=O)c1nc(C2CC2)c(Br)cc1C(=O)O. The van der Waals surface area contributed by atoms with Gasteiger partial charge in [-0.05, 0) is 34.8 Å². The molecule has 1 aliphatic rings. The molecule has 1 aromatic rings. The standard InChI is InChI=1S/C10H10BrNO4S/c1-17(15,16)9-6(10(13)14)4-7(11)8(12-9)5-2-3-5/h4-5H,2-3H2,1H3,(H,13,14). The van der Waals surface area contributed by atoms with Crippen LogP contribution in [0.2, 0.25) is 0 Å². The summed E-state index contributed by atoms with van der Waals surface area (Å²) < 4.78 is 23.6. The number of hydrogen-bond acceptors (Lipinski definition) is 4. The Morgan fingerprint density at radius 3 is 2.53 bits per heavy atom. The predicted octanol–water partition coefficient (Wildman–Crippen LogP) is 1.82. The highest BCUT2D eigenvalue weighted by atomic mass is 79.9. The van der Waals surface area contributed by atoms with E-state index in [1.165, 1.54) is 6.07 Å². The molecule has 0 saturated heterocycles. The van der Waals surface area contributed by atoms with E-state index in [0.717, 1.165) is 19.1 Å². The van der Waals surface area contributed by atoms with Crippen molar-refractivity contribution in [3.63, 3.8) is 0 Å². The molecule has 0 radical (unpaired) electrons. The summed E-state index contributed by atoms with van der Waals surface area (Å²) >= 11 is 3.24. The largest absolute Gasteiger partial charge is 0.478 e.